The van der Waals surface area contributed by atoms with Crippen LogP contribution in [0.3, 0.4) is 0 Å². The molecule has 2 aromatic rings. The van der Waals surface area contributed by atoms with Crippen molar-refractivity contribution in [3.8, 4) is 11.5 Å². The van der Waals surface area contributed by atoms with Crippen molar-refractivity contribution >= 4 is 11.9 Å². The van der Waals surface area contributed by atoms with E-state index >= 15 is 0 Å². The second-order valence-corrected chi connectivity index (χ2v) is 6.53. The molecule has 1 aliphatic heterocycles. The molecular weight excluding hydrogens is 403 g/mol. The van der Waals surface area contributed by atoms with Gasteiger partial charge in [0.15, 0.2) is 0 Å². The fourth-order valence-corrected chi connectivity index (χ4v) is 2.44. The summed E-state index contributed by atoms with van der Waals surface area (Å²) in [6, 6.07) is 1.57. The molecular formula is C19H26F3N5O3. The summed E-state index contributed by atoms with van der Waals surface area (Å²) in [5.74, 6) is -0.365. The lowest BCUT2D eigenvalue weighted by atomic mass is 10.2. The lowest BCUT2D eigenvalue weighted by Crippen LogP contribution is -2.33. The van der Waals surface area contributed by atoms with Gasteiger partial charge in [-0.1, -0.05) is 38.2 Å². The molecule has 8 nitrogen and oxygen atoms in total. The monoisotopic (exact) mass is 429 g/mol. The van der Waals surface area contributed by atoms with Crippen molar-refractivity contribution in [3.05, 3.63) is 28.2 Å². The van der Waals surface area contributed by atoms with Gasteiger partial charge in [-0.15, -0.1) is 5.10 Å². The first-order chi connectivity index (χ1) is 14.3. The molecule has 4 rings (SSSR count). The predicted molar refractivity (Wildman–Crippen MR) is 105 cm³/mol. The Hall–Kier alpha value is -2.85. The van der Waals surface area contributed by atoms with Gasteiger partial charge in [0.2, 0.25) is 5.91 Å². The average molecular weight is 429 g/mol. The largest absolute Gasteiger partial charge is 0.431 e. The number of likely N-dealkylation sites (tertiary alicyclic amines) is 1. The van der Waals surface area contributed by atoms with E-state index in [1.807, 2.05) is 13.8 Å². The number of nitrogens with one attached hydrogen (secondary N) is 2. The average Bonchev–Trinajstić information content (AvgIpc) is 3.36. The molecule has 3 heterocycles. The van der Waals surface area contributed by atoms with Crippen molar-refractivity contribution < 1.29 is 22.4 Å². The Kier molecular flexibility index (Phi) is 8.43. The maximum atomic E-state index is 12.5. The number of rotatable bonds is 4. The van der Waals surface area contributed by atoms with Gasteiger partial charge in [0.25, 0.3) is 11.4 Å². The van der Waals surface area contributed by atoms with E-state index in [4.69, 9.17) is 4.42 Å². The van der Waals surface area contributed by atoms with Gasteiger partial charge in [0.05, 0.1) is 6.54 Å². The standard InChI is InChI=1S/C14H14F3N5O3.C3H6.C2H6/c15-14(16,17)9-4-3-8(11(24)19-9)12-20-21-13(25-12)18-7-10(23)22-5-1-2-6-22;1-2-3-1;1-2/h3-4H,1-2,5-7H2,(H,18,21)(H,19,24);1-3H2;1-2H3. The molecule has 0 radical (unpaired) electrons. The van der Waals surface area contributed by atoms with Gasteiger partial charge in [-0.2, -0.15) is 13.2 Å². The minimum atomic E-state index is -4.66. The van der Waals surface area contributed by atoms with E-state index < -0.39 is 17.4 Å². The van der Waals surface area contributed by atoms with Crippen LogP contribution >= 0.6 is 0 Å². The summed E-state index contributed by atoms with van der Waals surface area (Å²) in [4.78, 5) is 27.1. The SMILES string of the molecule is C1CC1.CC.O=C(CNc1nnc(-c2ccc(C(F)(F)F)[nH]c2=O)o1)N1CCCC1. The highest BCUT2D eigenvalue weighted by Gasteiger charge is 2.32. The third kappa shape index (κ3) is 6.89. The first kappa shape index (κ1) is 23.4. The van der Waals surface area contributed by atoms with E-state index in [0.717, 1.165) is 18.9 Å². The summed E-state index contributed by atoms with van der Waals surface area (Å²) in [5, 5.41) is 9.88. The molecule has 166 valence electrons. The Bertz CT molecular complexity index is 868. The summed E-state index contributed by atoms with van der Waals surface area (Å²) in [7, 11) is 0. The lowest BCUT2D eigenvalue weighted by molar-refractivity contribution is -0.141. The zero-order valence-electron chi connectivity index (χ0n) is 17.0. The van der Waals surface area contributed by atoms with E-state index in [1.54, 1.807) is 9.88 Å². The highest BCUT2D eigenvalue weighted by molar-refractivity contribution is 5.80. The second-order valence-electron chi connectivity index (χ2n) is 6.53. The zero-order chi connectivity index (χ0) is 22.1. The fraction of sp³-hybridized carbons (Fsp3) is 0.579. The van der Waals surface area contributed by atoms with Crippen LogP contribution in [0.5, 0.6) is 0 Å². The number of nitrogens with zero attached hydrogens (tertiary/aromatic N) is 3. The van der Waals surface area contributed by atoms with Crippen LogP contribution in [0.15, 0.2) is 21.3 Å². The normalized spacial score (nSPS) is 14.9. The van der Waals surface area contributed by atoms with Gasteiger partial charge >= 0.3 is 12.2 Å². The van der Waals surface area contributed by atoms with Crippen LogP contribution in [0.4, 0.5) is 19.2 Å². The number of amides is 1. The molecule has 0 spiro atoms. The van der Waals surface area contributed by atoms with Gasteiger partial charge in [-0.25, -0.2) is 0 Å². The number of H-pyrrole nitrogens is 1. The Morgan fingerprint density at radius 2 is 1.77 bits per heavy atom. The summed E-state index contributed by atoms with van der Waals surface area (Å²) >= 11 is 0. The van der Waals surface area contributed by atoms with Gasteiger partial charge in [0, 0.05) is 13.1 Å². The molecule has 1 aliphatic carbocycles. The second kappa shape index (κ2) is 10.8. The molecule has 0 aromatic carbocycles. The van der Waals surface area contributed by atoms with Crippen LogP contribution in [0, 0.1) is 0 Å². The molecule has 0 bridgehead atoms. The molecule has 0 unspecified atom stereocenters. The van der Waals surface area contributed by atoms with Crippen LogP contribution in [0.1, 0.15) is 51.6 Å². The summed E-state index contributed by atoms with van der Waals surface area (Å²) < 4.78 is 42.8. The molecule has 1 saturated heterocycles. The van der Waals surface area contributed by atoms with Crippen molar-refractivity contribution in [2.45, 2.75) is 52.1 Å². The van der Waals surface area contributed by atoms with Crippen LogP contribution in [0.2, 0.25) is 0 Å². The van der Waals surface area contributed by atoms with Gasteiger partial charge in [0.1, 0.15) is 11.3 Å². The zero-order valence-corrected chi connectivity index (χ0v) is 17.0. The number of aromatic nitrogens is 3. The van der Waals surface area contributed by atoms with Gasteiger partial charge < -0.3 is 19.6 Å². The van der Waals surface area contributed by atoms with Crippen LogP contribution < -0.4 is 10.9 Å². The van der Waals surface area contributed by atoms with Crippen molar-refractivity contribution in [3.63, 3.8) is 0 Å². The van der Waals surface area contributed by atoms with Gasteiger partial charge in [-0.3, -0.25) is 9.59 Å². The Morgan fingerprint density at radius 3 is 2.30 bits per heavy atom. The van der Waals surface area contributed by atoms with Crippen molar-refractivity contribution in [2.75, 3.05) is 25.0 Å². The summed E-state index contributed by atoms with van der Waals surface area (Å²) in [5.41, 5.74) is -2.37. The van der Waals surface area contributed by atoms with Crippen molar-refractivity contribution in [1.29, 1.82) is 0 Å². The summed E-state index contributed by atoms with van der Waals surface area (Å²) in [6.45, 7) is 5.36. The van der Waals surface area contributed by atoms with Gasteiger partial charge in [-0.05, 0) is 25.0 Å². The van der Waals surface area contributed by atoms with Crippen LogP contribution in [-0.4, -0.2) is 45.6 Å². The van der Waals surface area contributed by atoms with E-state index in [1.165, 1.54) is 19.3 Å². The van der Waals surface area contributed by atoms with Crippen molar-refractivity contribution in [2.24, 2.45) is 0 Å². The first-order valence-electron chi connectivity index (χ1n) is 10.0. The predicted octanol–water partition coefficient (Wildman–Crippen LogP) is 3.67. The molecule has 30 heavy (non-hydrogen) atoms. The number of alkyl halides is 3. The molecule has 11 heteroatoms. The lowest BCUT2D eigenvalue weighted by Gasteiger charge is -2.14. The number of hydrogen-bond donors (Lipinski definition) is 2. The summed E-state index contributed by atoms with van der Waals surface area (Å²) in [6.07, 6.45) is 1.77. The number of carbonyl (C=O) groups is 1. The van der Waals surface area contributed by atoms with Crippen molar-refractivity contribution in [1.82, 2.24) is 20.1 Å². The highest BCUT2D eigenvalue weighted by Crippen LogP contribution is 2.27. The van der Waals surface area contributed by atoms with E-state index in [-0.39, 0.29) is 29.9 Å². The number of pyridine rings is 1. The number of carbonyl (C=O) groups excluding carboxylic acids is 1. The highest BCUT2D eigenvalue weighted by atomic mass is 19.4. The Morgan fingerprint density at radius 1 is 1.13 bits per heavy atom. The smallest absolute Gasteiger partial charge is 0.403 e. The third-order valence-corrected chi connectivity index (χ3v) is 4.07. The Balaban J connectivity index is 0.000000573. The number of hydrogen-bond acceptors (Lipinski definition) is 6. The molecule has 2 N–H and O–H groups in total. The van der Waals surface area contributed by atoms with Crippen LogP contribution in [0.25, 0.3) is 11.5 Å². The van der Waals surface area contributed by atoms with E-state index in [0.29, 0.717) is 19.2 Å². The third-order valence-electron chi connectivity index (χ3n) is 4.07. The maximum Gasteiger partial charge on any atom is 0.431 e. The molecule has 2 fully saturated rings. The number of anilines is 1. The first-order valence-corrected chi connectivity index (χ1v) is 10.0. The quantitative estimate of drug-likeness (QED) is 0.769. The molecule has 2 aromatic heterocycles. The fourth-order valence-electron chi connectivity index (χ4n) is 2.44. The molecule has 1 amide bonds. The molecule has 1 saturated carbocycles. The maximum absolute atomic E-state index is 12.5. The molecule has 2 aliphatic rings. The molecule has 0 atom stereocenters. The van der Waals surface area contributed by atoms with Crippen LogP contribution in [-0.2, 0) is 11.0 Å². The minimum absolute atomic E-state index is 0.0506. The number of aromatic amines is 1. The minimum Gasteiger partial charge on any atom is -0.403 e. The number of halogens is 3. The topological polar surface area (TPSA) is 104 Å². The van der Waals surface area contributed by atoms with E-state index in [9.17, 15) is 22.8 Å². The van der Waals surface area contributed by atoms with E-state index in [2.05, 4.69) is 15.5 Å². The Labute approximate surface area is 171 Å².